The Morgan fingerprint density at radius 3 is 2.68 bits per heavy atom. The third kappa shape index (κ3) is 6.46. The van der Waals surface area contributed by atoms with Crippen LogP contribution in [0.5, 0.6) is 0 Å². The second-order valence-corrected chi connectivity index (χ2v) is 7.06. The van der Waals surface area contributed by atoms with E-state index in [0.717, 1.165) is 38.0 Å². The van der Waals surface area contributed by atoms with Crippen LogP contribution in [0, 0.1) is 5.82 Å². The minimum Gasteiger partial charge on any atom is -0.362 e. The Labute approximate surface area is 171 Å². The van der Waals surface area contributed by atoms with E-state index in [4.69, 9.17) is 12.2 Å². The van der Waals surface area contributed by atoms with Crippen LogP contribution in [0.4, 0.5) is 4.39 Å². The average Bonchev–Trinajstić information content (AvgIpc) is 3.21. The lowest BCUT2D eigenvalue weighted by Crippen LogP contribution is -2.41. The maximum Gasteiger partial charge on any atom is 0.169 e. The number of aromatic nitrogens is 2. The van der Waals surface area contributed by atoms with E-state index in [0.29, 0.717) is 11.7 Å². The number of rotatable bonds is 9. The normalized spacial score (nSPS) is 10.6. The number of nitrogens with one attached hydrogen (secondary N) is 1. The molecule has 0 amide bonds. The Morgan fingerprint density at radius 1 is 1.11 bits per heavy atom. The van der Waals surface area contributed by atoms with E-state index in [1.165, 1.54) is 11.6 Å². The topological polar surface area (TPSA) is 33.1 Å². The Balaban J connectivity index is 1.56. The van der Waals surface area contributed by atoms with E-state index in [2.05, 4.69) is 27.3 Å². The molecule has 0 saturated carbocycles. The number of thiocarbonyl (C=S) groups is 1. The average molecular weight is 397 g/mol. The third-order valence-electron chi connectivity index (χ3n) is 4.49. The number of nitrogens with zero attached hydrogens (tertiary/aromatic N) is 3. The van der Waals surface area contributed by atoms with Crippen molar-refractivity contribution < 1.29 is 4.39 Å². The molecule has 2 aromatic carbocycles. The Hall–Kier alpha value is -2.73. The highest BCUT2D eigenvalue weighted by Crippen LogP contribution is 2.09. The number of hydrogen-bond donors (Lipinski definition) is 1. The summed E-state index contributed by atoms with van der Waals surface area (Å²) >= 11 is 5.64. The van der Waals surface area contributed by atoms with Gasteiger partial charge in [0.05, 0.1) is 6.33 Å². The molecule has 0 fully saturated rings. The number of halogens is 1. The monoisotopic (exact) mass is 396 g/mol. The van der Waals surface area contributed by atoms with E-state index < -0.39 is 0 Å². The van der Waals surface area contributed by atoms with Gasteiger partial charge >= 0.3 is 0 Å². The van der Waals surface area contributed by atoms with Gasteiger partial charge in [-0.3, -0.25) is 0 Å². The zero-order valence-corrected chi connectivity index (χ0v) is 16.6. The van der Waals surface area contributed by atoms with E-state index >= 15 is 0 Å². The van der Waals surface area contributed by atoms with Crippen LogP contribution in [0.3, 0.4) is 0 Å². The molecule has 146 valence electrons. The molecule has 3 rings (SSSR count). The molecule has 6 heteroatoms. The van der Waals surface area contributed by atoms with Gasteiger partial charge < -0.3 is 14.8 Å². The second kappa shape index (κ2) is 10.6. The number of benzene rings is 2. The largest absolute Gasteiger partial charge is 0.362 e. The maximum atomic E-state index is 13.6. The van der Waals surface area contributed by atoms with Gasteiger partial charge in [-0.2, -0.15) is 0 Å². The van der Waals surface area contributed by atoms with Gasteiger partial charge in [0.25, 0.3) is 0 Å². The predicted octanol–water partition coefficient (Wildman–Crippen LogP) is 4.03. The molecule has 1 N–H and O–H groups in total. The van der Waals surface area contributed by atoms with Crippen LogP contribution >= 0.6 is 12.2 Å². The fourth-order valence-corrected chi connectivity index (χ4v) is 3.30. The molecule has 0 aliphatic carbocycles. The number of aryl methyl sites for hydroxylation is 1. The summed E-state index contributed by atoms with van der Waals surface area (Å²) in [5, 5.41) is 4.05. The van der Waals surface area contributed by atoms with Gasteiger partial charge in [0.15, 0.2) is 5.11 Å². The molecule has 0 radical (unpaired) electrons. The zero-order chi connectivity index (χ0) is 19.6. The molecular weight excluding hydrogens is 371 g/mol. The van der Waals surface area contributed by atoms with Crippen LogP contribution in [-0.4, -0.2) is 32.7 Å². The van der Waals surface area contributed by atoms with Crippen LogP contribution in [0.2, 0.25) is 0 Å². The predicted molar refractivity (Wildman–Crippen MR) is 114 cm³/mol. The molecule has 0 aliphatic rings. The molecule has 3 aromatic rings. The minimum absolute atomic E-state index is 0.223. The van der Waals surface area contributed by atoms with E-state index in [-0.39, 0.29) is 5.82 Å². The quantitative estimate of drug-likeness (QED) is 0.554. The summed E-state index contributed by atoms with van der Waals surface area (Å²) in [4.78, 5) is 6.17. The fourth-order valence-electron chi connectivity index (χ4n) is 3.04. The Kier molecular flexibility index (Phi) is 7.55. The highest BCUT2D eigenvalue weighted by atomic mass is 32.1. The fraction of sp³-hybridized carbons (Fsp3) is 0.273. The lowest BCUT2D eigenvalue weighted by atomic mass is 10.1. The first kappa shape index (κ1) is 20.0. The van der Waals surface area contributed by atoms with Crippen LogP contribution < -0.4 is 5.32 Å². The minimum atomic E-state index is -0.223. The van der Waals surface area contributed by atoms with Gasteiger partial charge in [-0.25, -0.2) is 9.37 Å². The van der Waals surface area contributed by atoms with Crippen LogP contribution in [-0.2, 0) is 19.5 Å². The van der Waals surface area contributed by atoms with Crippen LogP contribution in [0.25, 0.3) is 0 Å². The lowest BCUT2D eigenvalue weighted by Gasteiger charge is -2.26. The van der Waals surface area contributed by atoms with Crippen molar-refractivity contribution >= 4 is 17.3 Å². The lowest BCUT2D eigenvalue weighted by molar-refractivity contribution is 0.384. The summed E-state index contributed by atoms with van der Waals surface area (Å²) in [5.41, 5.74) is 2.18. The zero-order valence-electron chi connectivity index (χ0n) is 15.8. The molecule has 28 heavy (non-hydrogen) atoms. The van der Waals surface area contributed by atoms with Crippen molar-refractivity contribution in [2.45, 2.75) is 25.9 Å². The number of imidazole rings is 1. The van der Waals surface area contributed by atoms with Crippen LogP contribution in [0.1, 0.15) is 17.5 Å². The van der Waals surface area contributed by atoms with Crippen molar-refractivity contribution in [2.24, 2.45) is 0 Å². The molecule has 0 atom stereocenters. The standard InChI is InChI=1S/C22H25FN4S/c23-21-9-4-8-20(16-21)17-27(14-5-13-26-15-12-24-18-26)22(28)25-11-10-19-6-2-1-3-7-19/h1-4,6-9,12,15-16,18H,5,10-11,13-14,17H2,(H,25,28). The Bertz CT molecular complexity index is 852. The highest BCUT2D eigenvalue weighted by Gasteiger charge is 2.11. The van der Waals surface area contributed by atoms with Crippen LogP contribution in [0.15, 0.2) is 73.3 Å². The second-order valence-electron chi connectivity index (χ2n) is 6.67. The summed E-state index contributed by atoms with van der Waals surface area (Å²) in [7, 11) is 0. The smallest absolute Gasteiger partial charge is 0.169 e. The molecule has 0 bridgehead atoms. The van der Waals surface area contributed by atoms with Gasteiger partial charge in [0, 0.05) is 38.6 Å². The molecule has 0 spiro atoms. The molecular formula is C22H25FN4S. The maximum absolute atomic E-state index is 13.6. The summed E-state index contributed by atoms with van der Waals surface area (Å²) in [6, 6.07) is 17.0. The molecule has 0 aliphatic heterocycles. The summed E-state index contributed by atoms with van der Waals surface area (Å²) in [6.45, 7) is 3.00. The van der Waals surface area contributed by atoms with Crippen molar-refractivity contribution in [1.82, 2.24) is 19.8 Å². The van der Waals surface area contributed by atoms with Crippen molar-refractivity contribution in [3.63, 3.8) is 0 Å². The molecule has 0 unspecified atom stereocenters. The van der Waals surface area contributed by atoms with Gasteiger partial charge in [0.1, 0.15) is 5.82 Å². The van der Waals surface area contributed by atoms with E-state index in [9.17, 15) is 4.39 Å². The first-order valence-corrected chi connectivity index (χ1v) is 9.88. The highest BCUT2D eigenvalue weighted by molar-refractivity contribution is 7.80. The first-order chi connectivity index (χ1) is 13.7. The molecule has 1 aromatic heterocycles. The Morgan fingerprint density at radius 2 is 1.93 bits per heavy atom. The van der Waals surface area contributed by atoms with Crippen molar-refractivity contribution in [1.29, 1.82) is 0 Å². The number of hydrogen-bond acceptors (Lipinski definition) is 2. The van der Waals surface area contributed by atoms with Crippen molar-refractivity contribution in [3.05, 3.63) is 90.3 Å². The molecule has 0 saturated heterocycles. The van der Waals surface area contributed by atoms with Crippen molar-refractivity contribution in [3.8, 4) is 0 Å². The van der Waals surface area contributed by atoms with Gasteiger partial charge in [-0.15, -0.1) is 0 Å². The van der Waals surface area contributed by atoms with Gasteiger partial charge in [-0.05, 0) is 48.3 Å². The van der Waals surface area contributed by atoms with Gasteiger partial charge in [0.2, 0.25) is 0 Å². The van der Waals surface area contributed by atoms with Gasteiger partial charge in [-0.1, -0.05) is 42.5 Å². The van der Waals surface area contributed by atoms with E-state index in [1.54, 1.807) is 18.3 Å². The van der Waals surface area contributed by atoms with E-state index in [1.807, 2.05) is 41.4 Å². The molecule has 4 nitrogen and oxygen atoms in total. The van der Waals surface area contributed by atoms with Crippen molar-refractivity contribution in [2.75, 3.05) is 13.1 Å². The SMILES string of the molecule is Fc1cccc(CN(CCCn2ccnc2)C(=S)NCCc2ccccc2)c1. The summed E-state index contributed by atoms with van der Waals surface area (Å²) in [6.07, 6.45) is 7.37. The molecule has 1 heterocycles. The first-order valence-electron chi connectivity index (χ1n) is 9.47. The summed E-state index contributed by atoms with van der Waals surface area (Å²) < 4.78 is 15.6. The third-order valence-corrected chi connectivity index (χ3v) is 4.89. The summed E-state index contributed by atoms with van der Waals surface area (Å²) in [5.74, 6) is -0.223.